The van der Waals surface area contributed by atoms with E-state index in [9.17, 15) is 22.8 Å². The van der Waals surface area contributed by atoms with Gasteiger partial charge in [-0.1, -0.05) is 12.1 Å². The molecule has 1 aromatic carbocycles. The number of hydrogen-bond acceptors (Lipinski definition) is 6. The highest BCUT2D eigenvalue weighted by molar-refractivity contribution is 7.18. The van der Waals surface area contributed by atoms with E-state index >= 15 is 0 Å². The van der Waals surface area contributed by atoms with Gasteiger partial charge in [0.1, 0.15) is 16.1 Å². The number of benzene rings is 1. The first-order valence-electron chi connectivity index (χ1n) is 10.2. The average Bonchev–Trinajstić information content (AvgIpc) is 3.15. The molecule has 2 aliphatic heterocycles. The van der Waals surface area contributed by atoms with Gasteiger partial charge in [-0.05, 0) is 31.0 Å². The van der Waals surface area contributed by atoms with Crippen LogP contribution in [0.3, 0.4) is 0 Å². The summed E-state index contributed by atoms with van der Waals surface area (Å²) in [6.07, 6.45) is -2.12. The van der Waals surface area contributed by atoms with Crippen molar-refractivity contribution in [3.05, 3.63) is 58.4 Å². The van der Waals surface area contributed by atoms with Gasteiger partial charge in [0.05, 0.1) is 22.3 Å². The van der Waals surface area contributed by atoms with Crippen molar-refractivity contribution in [2.24, 2.45) is 0 Å². The van der Waals surface area contributed by atoms with Crippen LogP contribution in [0.25, 0.3) is 10.2 Å². The van der Waals surface area contributed by atoms with Crippen LogP contribution in [0.1, 0.15) is 45.9 Å². The number of rotatable bonds is 2. The van der Waals surface area contributed by atoms with Crippen molar-refractivity contribution in [3.8, 4) is 0 Å². The SMILES string of the molecule is O=C1OC2(CCN(C(=O)C3(c4nc5ccccc5s4)CC3)C2)c2cc(C(F)(F)F)ncc21. The van der Waals surface area contributed by atoms with Gasteiger partial charge in [-0.3, -0.25) is 9.78 Å². The number of ether oxygens (including phenoxy) is 1. The first kappa shape index (κ1) is 19.7. The fourth-order valence-electron chi connectivity index (χ4n) is 4.72. The molecule has 2 aromatic heterocycles. The molecule has 0 radical (unpaired) electrons. The van der Waals surface area contributed by atoms with Crippen LogP contribution in [-0.4, -0.2) is 39.8 Å². The van der Waals surface area contributed by atoms with E-state index in [-0.39, 0.29) is 30.0 Å². The number of nitrogens with zero attached hydrogens (tertiary/aromatic N) is 3. The Morgan fingerprint density at radius 3 is 2.69 bits per heavy atom. The zero-order valence-electron chi connectivity index (χ0n) is 16.6. The Morgan fingerprint density at radius 1 is 1.19 bits per heavy atom. The molecule has 10 heteroatoms. The van der Waals surface area contributed by atoms with Crippen molar-refractivity contribution >= 4 is 33.4 Å². The molecule has 4 heterocycles. The summed E-state index contributed by atoms with van der Waals surface area (Å²) in [7, 11) is 0. The van der Waals surface area contributed by atoms with Gasteiger partial charge in [-0.25, -0.2) is 9.78 Å². The molecule has 0 N–H and O–H groups in total. The molecule has 0 bridgehead atoms. The highest BCUT2D eigenvalue weighted by Crippen LogP contribution is 2.53. The minimum atomic E-state index is -4.64. The molecule has 1 saturated carbocycles. The zero-order chi connectivity index (χ0) is 22.3. The summed E-state index contributed by atoms with van der Waals surface area (Å²) in [4.78, 5) is 35.5. The zero-order valence-corrected chi connectivity index (χ0v) is 17.4. The maximum Gasteiger partial charge on any atom is 0.433 e. The third kappa shape index (κ3) is 2.71. The molecular weight excluding hydrogens is 443 g/mol. The Morgan fingerprint density at radius 2 is 1.97 bits per heavy atom. The van der Waals surface area contributed by atoms with Gasteiger partial charge < -0.3 is 9.64 Å². The topological polar surface area (TPSA) is 72.4 Å². The number of aromatic nitrogens is 2. The molecule has 1 aliphatic carbocycles. The standard InChI is InChI=1S/C22H16F3N3O3S/c23-22(24,25)16-9-13-12(10-26-16)17(29)31-21(13)7-8-28(11-21)19(30)20(5-6-20)18-27-14-3-1-2-4-15(14)32-18/h1-4,9-10H,5-8,11H2. The van der Waals surface area contributed by atoms with E-state index in [0.717, 1.165) is 27.5 Å². The number of hydrogen-bond donors (Lipinski definition) is 0. The predicted molar refractivity (Wildman–Crippen MR) is 108 cm³/mol. The number of para-hydroxylation sites is 1. The van der Waals surface area contributed by atoms with E-state index in [1.54, 1.807) is 4.90 Å². The average molecular weight is 459 g/mol. The van der Waals surface area contributed by atoms with Crippen molar-refractivity contribution in [1.82, 2.24) is 14.9 Å². The summed E-state index contributed by atoms with van der Waals surface area (Å²) in [5.74, 6) is -0.814. The number of halogens is 3. The van der Waals surface area contributed by atoms with E-state index in [0.29, 0.717) is 19.4 Å². The van der Waals surface area contributed by atoms with Crippen LogP contribution in [0.4, 0.5) is 13.2 Å². The van der Waals surface area contributed by atoms with Crippen LogP contribution in [0.5, 0.6) is 0 Å². The van der Waals surface area contributed by atoms with Crippen molar-refractivity contribution in [3.63, 3.8) is 0 Å². The molecular formula is C22H16F3N3O3S. The number of amides is 1. The van der Waals surface area contributed by atoms with Crippen LogP contribution in [0.15, 0.2) is 36.5 Å². The van der Waals surface area contributed by atoms with Gasteiger partial charge in [0, 0.05) is 24.7 Å². The quantitative estimate of drug-likeness (QED) is 0.541. The number of likely N-dealkylation sites (tertiary alicyclic amines) is 1. The fraction of sp³-hybridized carbons (Fsp3) is 0.364. The second-order valence-corrected chi connectivity index (χ2v) is 9.57. The van der Waals surface area contributed by atoms with Gasteiger partial charge in [0.2, 0.25) is 5.91 Å². The summed E-state index contributed by atoms with van der Waals surface area (Å²) < 4.78 is 46.2. The number of thiazole rings is 1. The Labute approximate surface area is 184 Å². The molecule has 1 atom stereocenters. The number of carbonyl (C=O) groups excluding carboxylic acids is 2. The summed E-state index contributed by atoms with van der Waals surface area (Å²) in [5, 5.41) is 0.761. The van der Waals surface area contributed by atoms with Gasteiger partial charge >= 0.3 is 12.1 Å². The van der Waals surface area contributed by atoms with Crippen LogP contribution in [0.2, 0.25) is 0 Å². The Kier molecular flexibility index (Phi) is 3.86. The Bertz CT molecular complexity index is 1270. The fourth-order valence-corrected chi connectivity index (χ4v) is 5.92. The summed E-state index contributed by atoms with van der Waals surface area (Å²) in [6.45, 7) is 0.320. The largest absolute Gasteiger partial charge is 0.449 e. The second-order valence-electron chi connectivity index (χ2n) is 8.54. The van der Waals surface area contributed by atoms with Crippen LogP contribution < -0.4 is 0 Å². The van der Waals surface area contributed by atoms with Gasteiger partial charge in [-0.2, -0.15) is 13.2 Å². The third-order valence-electron chi connectivity index (χ3n) is 6.57. The van der Waals surface area contributed by atoms with Crippen molar-refractivity contribution in [2.45, 2.75) is 36.5 Å². The van der Waals surface area contributed by atoms with Gasteiger partial charge in [0.25, 0.3) is 0 Å². The minimum absolute atomic E-state index is 0.0263. The van der Waals surface area contributed by atoms with Crippen LogP contribution >= 0.6 is 11.3 Å². The number of pyridine rings is 1. The molecule has 3 aromatic rings. The lowest BCUT2D eigenvalue weighted by Crippen LogP contribution is -2.40. The van der Waals surface area contributed by atoms with Crippen molar-refractivity contribution in [2.75, 3.05) is 13.1 Å². The highest BCUT2D eigenvalue weighted by Gasteiger charge is 2.59. The van der Waals surface area contributed by atoms with Gasteiger partial charge in [-0.15, -0.1) is 11.3 Å². The first-order chi connectivity index (χ1) is 15.2. The number of esters is 1. The van der Waals surface area contributed by atoms with E-state index in [1.165, 1.54) is 11.3 Å². The van der Waals surface area contributed by atoms with Crippen molar-refractivity contribution < 1.29 is 27.5 Å². The first-order valence-corrected chi connectivity index (χ1v) is 11.0. The Hall–Kier alpha value is -3.01. The minimum Gasteiger partial charge on any atom is -0.449 e. The van der Waals surface area contributed by atoms with Crippen molar-refractivity contribution in [1.29, 1.82) is 0 Å². The summed E-state index contributed by atoms with van der Waals surface area (Å²) in [5.41, 5.74) is -2.02. The number of alkyl halides is 3. The van der Waals surface area contributed by atoms with E-state index in [2.05, 4.69) is 9.97 Å². The molecule has 3 aliphatic rings. The maximum absolute atomic E-state index is 13.5. The molecule has 1 spiro atoms. The van der Waals surface area contributed by atoms with E-state index in [4.69, 9.17) is 4.74 Å². The van der Waals surface area contributed by atoms with E-state index in [1.807, 2.05) is 24.3 Å². The maximum atomic E-state index is 13.5. The van der Waals surface area contributed by atoms with Crippen LogP contribution in [-0.2, 0) is 26.7 Å². The molecule has 2 fully saturated rings. The molecule has 164 valence electrons. The van der Waals surface area contributed by atoms with E-state index < -0.39 is 28.9 Å². The molecule has 6 rings (SSSR count). The number of carbonyl (C=O) groups is 2. The summed E-state index contributed by atoms with van der Waals surface area (Å²) >= 11 is 1.49. The molecule has 6 nitrogen and oxygen atoms in total. The Balaban J connectivity index is 1.32. The third-order valence-corrected chi connectivity index (χ3v) is 7.82. The number of fused-ring (bicyclic) bond motifs is 3. The highest BCUT2D eigenvalue weighted by atomic mass is 32.1. The lowest BCUT2D eigenvalue weighted by Gasteiger charge is -2.26. The van der Waals surface area contributed by atoms with Crippen LogP contribution in [0, 0.1) is 0 Å². The normalized spacial score (nSPS) is 23.6. The summed E-state index contributed by atoms with van der Waals surface area (Å²) in [6, 6.07) is 8.57. The lowest BCUT2D eigenvalue weighted by atomic mass is 9.92. The lowest BCUT2D eigenvalue weighted by molar-refractivity contribution is -0.141. The molecule has 1 unspecified atom stereocenters. The molecule has 1 saturated heterocycles. The molecule has 32 heavy (non-hydrogen) atoms. The monoisotopic (exact) mass is 459 g/mol. The smallest absolute Gasteiger partial charge is 0.433 e. The van der Waals surface area contributed by atoms with Gasteiger partial charge in [0.15, 0.2) is 5.60 Å². The second kappa shape index (κ2) is 6.28. The predicted octanol–water partition coefficient (Wildman–Crippen LogP) is 4.04. The molecule has 1 amide bonds.